The molecule has 17 heavy (non-hydrogen) atoms. The molecule has 0 aromatic carbocycles. The number of hydrogen-bond donors (Lipinski definition) is 1. The number of aromatic nitrogens is 1. The molecule has 0 saturated carbocycles. The van der Waals surface area contributed by atoms with E-state index in [0.29, 0.717) is 0 Å². The number of thiophene rings is 1. The molecule has 2 rings (SSSR count). The summed E-state index contributed by atoms with van der Waals surface area (Å²) in [6, 6.07) is 6.37. The number of hydrogen-bond acceptors (Lipinski definition) is 4. The minimum absolute atomic E-state index is 0.916. The van der Waals surface area contributed by atoms with Crippen molar-refractivity contribution in [3.8, 4) is 0 Å². The number of anilines is 2. The fourth-order valence-electron chi connectivity index (χ4n) is 1.66. The lowest BCUT2D eigenvalue weighted by atomic mass is 10.3. The Balaban J connectivity index is 2.07. The maximum absolute atomic E-state index is 4.25. The van der Waals surface area contributed by atoms with Gasteiger partial charge in [-0.15, -0.1) is 11.3 Å². The fraction of sp³-hybridized carbons (Fsp3) is 0.308. The van der Waals surface area contributed by atoms with Gasteiger partial charge >= 0.3 is 0 Å². The average molecular weight is 247 g/mol. The highest BCUT2D eigenvalue weighted by Gasteiger charge is 2.04. The zero-order chi connectivity index (χ0) is 12.1. The number of nitrogens with zero attached hydrogens (tertiary/aromatic N) is 2. The van der Waals surface area contributed by atoms with Crippen LogP contribution in [0, 0.1) is 0 Å². The molecule has 0 radical (unpaired) electrons. The fourth-order valence-corrected chi connectivity index (χ4v) is 2.42. The first-order chi connectivity index (χ1) is 8.29. The first-order valence-electron chi connectivity index (χ1n) is 5.72. The first-order valence-corrected chi connectivity index (χ1v) is 6.60. The van der Waals surface area contributed by atoms with Gasteiger partial charge in [0.2, 0.25) is 0 Å². The van der Waals surface area contributed by atoms with Crippen LogP contribution >= 0.6 is 11.3 Å². The van der Waals surface area contributed by atoms with E-state index < -0.39 is 0 Å². The highest BCUT2D eigenvalue weighted by Crippen LogP contribution is 2.20. The topological polar surface area (TPSA) is 28.2 Å². The molecular formula is C13H17N3S. The molecule has 0 saturated heterocycles. The van der Waals surface area contributed by atoms with Crippen molar-refractivity contribution in [1.82, 2.24) is 4.98 Å². The molecule has 4 heteroatoms. The van der Waals surface area contributed by atoms with Gasteiger partial charge in [0, 0.05) is 18.5 Å². The maximum atomic E-state index is 4.25. The van der Waals surface area contributed by atoms with Gasteiger partial charge < -0.3 is 10.2 Å². The van der Waals surface area contributed by atoms with Gasteiger partial charge in [0.25, 0.3) is 0 Å². The van der Waals surface area contributed by atoms with E-state index in [2.05, 4.69) is 52.8 Å². The van der Waals surface area contributed by atoms with E-state index in [9.17, 15) is 0 Å². The van der Waals surface area contributed by atoms with Gasteiger partial charge in [-0.2, -0.15) is 0 Å². The van der Waals surface area contributed by atoms with Crippen LogP contribution < -0.4 is 10.2 Å². The minimum atomic E-state index is 0.916. The van der Waals surface area contributed by atoms with E-state index in [0.717, 1.165) is 24.5 Å². The van der Waals surface area contributed by atoms with E-state index >= 15 is 0 Å². The Labute approximate surface area is 106 Å². The normalized spacial score (nSPS) is 10.2. The monoisotopic (exact) mass is 247 g/mol. The molecule has 0 atom stereocenters. The van der Waals surface area contributed by atoms with Gasteiger partial charge in [-0.1, -0.05) is 6.07 Å². The molecule has 2 aromatic rings. The standard InChI is InChI=1S/C13H17N3S/c1-3-15-11-7-12(9-14-8-11)16(2)10-13-5-4-6-17-13/h4-9,15H,3,10H2,1-2H3. The van der Waals surface area contributed by atoms with Crippen LogP contribution in [0.4, 0.5) is 11.4 Å². The predicted molar refractivity (Wildman–Crippen MR) is 74.8 cm³/mol. The van der Waals surface area contributed by atoms with Crippen LogP contribution in [0.5, 0.6) is 0 Å². The Bertz CT molecular complexity index is 453. The van der Waals surface area contributed by atoms with Gasteiger partial charge in [-0.3, -0.25) is 4.98 Å². The highest BCUT2D eigenvalue weighted by molar-refractivity contribution is 7.09. The Morgan fingerprint density at radius 1 is 1.41 bits per heavy atom. The molecule has 0 aliphatic rings. The van der Waals surface area contributed by atoms with Crippen LogP contribution in [0.3, 0.4) is 0 Å². The van der Waals surface area contributed by atoms with Crippen molar-refractivity contribution in [1.29, 1.82) is 0 Å². The van der Waals surface area contributed by atoms with Crippen LogP contribution in [0.15, 0.2) is 36.0 Å². The van der Waals surface area contributed by atoms with Gasteiger partial charge in [0.15, 0.2) is 0 Å². The van der Waals surface area contributed by atoms with Crippen molar-refractivity contribution in [2.75, 3.05) is 23.8 Å². The van der Waals surface area contributed by atoms with Crippen LogP contribution in [0.1, 0.15) is 11.8 Å². The van der Waals surface area contributed by atoms with Gasteiger partial charge in [0.1, 0.15) is 0 Å². The summed E-state index contributed by atoms with van der Waals surface area (Å²) >= 11 is 1.78. The summed E-state index contributed by atoms with van der Waals surface area (Å²) in [4.78, 5) is 7.82. The second-order valence-corrected chi connectivity index (χ2v) is 4.93. The molecule has 0 amide bonds. The molecular weight excluding hydrogens is 230 g/mol. The molecule has 0 aliphatic carbocycles. The van der Waals surface area contributed by atoms with E-state index in [1.807, 2.05) is 12.4 Å². The van der Waals surface area contributed by atoms with E-state index in [1.54, 1.807) is 11.3 Å². The second-order valence-electron chi connectivity index (χ2n) is 3.90. The lowest BCUT2D eigenvalue weighted by Gasteiger charge is -2.18. The first kappa shape index (κ1) is 11.9. The Kier molecular flexibility index (Phi) is 3.98. The van der Waals surface area contributed by atoms with E-state index in [-0.39, 0.29) is 0 Å². The van der Waals surface area contributed by atoms with Crippen LogP contribution in [-0.4, -0.2) is 18.6 Å². The molecule has 3 nitrogen and oxygen atoms in total. The summed E-state index contributed by atoms with van der Waals surface area (Å²) in [5.74, 6) is 0. The second kappa shape index (κ2) is 5.68. The Morgan fingerprint density at radius 3 is 3.00 bits per heavy atom. The van der Waals surface area contributed by atoms with Crippen molar-refractivity contribution in [3.63, 3.8) is 0 Å². The van der Waals surface area contributed by atoms with E-state index in [4.69, 9.17) is 0 Å². The van der Waals surface area contributed by atoms with Gasteiger partial charge in [-0.25, -0.2) is 0 Å². The maximum Gasteiger partial charge on any atom is 0.0574 e. The number of nitrogens with one attached hydrogen (secondary N) is 1. The lowest BCUT2D eigenvalue weighted by molar-refractivity contribution is 0.934. The Hall–Kier alpha value is -1.55. The largest absolute Gasteiger partial charge is 0.384 e. The zero-order valence-electron chi connectivity index (χ0n) is 10.2. The number of pyridine rings is 1. The molecule has 0 unspecified atom stereocenters. The lowest BCUT2D eigenvalue weighted by Crippen LogP contribution is -2.16. The third kappa shape index (κ3) is 3.20. The minimum Gasteiger partial charge on any atom is -0.384 e. The summed E-state index contributed by atoms with van der Waals surface area (Å²) in [5.41, 5.74) is 2.21. The molecule has 0 spiro atoms. The van der Waals surface area contributed by atoms with Gasteiger partial charge in [0.05, 0.1) is 30.3 Å². The smallest absolute Gasteiger partial charge is 0.0574 e. The van der Waals surface area contributed by atoms with Crippen molar-refractivity contribution in [2.45, 2.75) is 13.5 Å². The van der Waals surface area contributed by atoms with Crippen molar-refractivity contribution < 1.29 is 0 Å². The summed E-state index contributed by atoms with van der Waals surface area (Å²) < 4.78 is 0. The third-order valence-corrected chi connectivity index (χ3v) is 3.38. The van der Waals surface area contributed by atoms with Crippen molar-refractivity contribution >= 4 is 22.7 Å². The summed E-state index contributed by atoms with van der Waals surface area (Å²) in [6.45, 7) is 3.93. The van der Waals surface area contributed by atoms with Gasteiger partial charge in [-0.05, 0) is 24.4 Å². The molecule has 2 heterocycles. The predicted octanol–water partition coefficient (Wildman–Crippen LogP) is 3.21. The number of rotatable bonds is 5. The summed E-state index contributed by atoms with van der Waals surface area (Å²) in [5, 5.41) is 5.38. The quantitative estimate of drug-likeness (QED) is 0.879. The molecule has 90 valence electrons. The van der Waals surface area contributed by atoms with Crippen molar-refractivity contribution in [3.05, 3.63) is 40.8 Å². The molecule has 0 bridgehead atoms. The Morgan fingerprint density at radius 2 is 2.29 bits per heavy atom. The third-order valence-electron chi connectivity index (χ3n) is 2.52. The molecule has 2 aromatic heterocycles. The molecule has 0 aliphatic heterocycles. The highest BCUT2D eigenvalue weighted by atomic mass is 32.1. The SMILES string of the molecule is CCNc1cncc(N(C)Cc2cccs2)c1. The van der Waals surface area contributed by atoms with E-state index in [1.165, 1.54) is 4.88 Å². The molecule has 0 fully saturated rings. The zero-order valence-corrected chi connectivity index (χ0v) is 11.0. The summed E-state index contributed by atoms with van der Waals surface area (Å²) in [7, 11) is 2.09. The molecule has 1 N–H and O–H groups in total. The van der Waals surface area contributed by atoms with Crippen LogP contribution in [0.25, 0.3) is 0 Å². The average Bonchev–Trinajstić information content (AvgIpc) is 2.83. The van der Waals surface area contributed by atoms with Crippen LogP contribution in [-0.2, 0) is 6.54 Å². The van der Waals surface area contributed by atoms with Crippen molar-refractivity contribution in [2.24, 2.45) is 0 Å². The van der Waals surface area contributed by atoms with Crippen LogP contribution in [0.2, 0.25) is 0 Å². The summed E-state index contributed by atoms with van der Waals surface area (Å²) in [6.07, 6.45) is 3.75.